The maximum Gasteiger partial charge on any atom is 0.311 e. The van der Waals surface area contributed by atoms with Crippen molar-refractivity contribution in [3.63, 3.8) is 0 Å². The average molecular weight is 207 g/mol. The summed E-state index contributed by atoms with van der Waals surface area (Å²) in [7, 11) is 0. The second-order valence-corrected chi connectivity index (χ2v) is 4.13. The largest absolute Gasteiger partial charge is 0.459 e. The van der Waals surface area contributed by atoms with Crippen LogP contribution in [0.2, 0.25) is 0 Å². The predicted octanol–water partition coefficient (Wildman–Crippen LogP) is 2.56. The Labute approximate surface area is 90.5 Å². The standard InChI is InChI=1S/C12H17NO2/c1-4-12(2,3)11(14)15-9-10-7-5-6-8-13-10/h5-8H,4,9H2,1-3H3. The lowest BCUT2D eigenvalue weighted by Gasteiger charge is -2.19. The molecule has 0 spiro atoms. The number of nitrogens with zero attached hydrogens (tertiary/aromatic N) is 1. The molecule has 1 heterocycles. The second kappa shape index (κ2) is 4.91. The number of rotatable bonds is 4. The van der Waals surface area contributed by atoms with E-state index in [4.69, 9.17) is 4.74 Å². The Morgan fingerprint density at radius 3 is 2.73 bits per heavy atom. The van der Waals surface area contributed by atoms with Gasteiger partial charge in [0.1, 0.15) is 6.61 Å². The molecule has 0 bridgehead atoms. The molecular formula is C12H17NO2. The zero-order valence-electron chi connectivity index (χ0n) is 9.49. The van der Waals surface area contributed by atoms with E-state index in [0.29, 0.717) is 0 Å². The highest BCUT2D eigenvalue weighted by molar-refractivity contribution is 5.75. The molecular weight excluding hydrogens is 190 g/mol. The highest BCUT2D eigenvalue weighted by Crippen LogP contribution is 2.21. The number of esters is 1. The van der Waals surface area contributed by atoms with Gasteiger partial charge in [-0.05, 0) is 32.4 Å². The second-order valence-electron chi connectivity index (χ2n) is 4.13. The summed E-state index contributed by atoms with van der Waals surface area (Å²) in [6.45, 7) is 5.99. The molecule has 1 aromatic heterocycles. The van der Waals surface area contributed by atoms with Crippen LogP contribution in [0.1, 0.15) is 32.9 Å². The summed E-state index contributed by atoms with van der Waals surface area (Å²) in [6.07, 6.45) is 2.46. The summed E-state index contributed by atoms with van der Waals surface area (Å²) in [6, 6.07) is 5.55. The van der Waals surface area contributed by atoms with Crippen molar-refractivity contribution in [1.29, 1.82) is 0 Å². The summed E-state index contributed by atoms with van der Waals surface area (Å²) >= 11 is 0. The molecule has 0 aliphatic rings. The van der Waals surface area contributed by atoms with Crippen LogP contribution in [-0.4, -0.2) is 11.0 Å². The number of hydrogen-bond acceptors (Lipinski definition) is 3. The monoisotopic (exact) mass is 207 g/mol. The molecule has 3 nitrogen and oxygen atoms in total. The smallest absolute Gasteiger partial charge is 0.311 e. The van der Waals surface area contributed by atoms with Crippen molar-refractivity contribution >= 4 is 5.97 Å². The Bertz CT molecular complexity index is 320. The fourth-order valence-corrected chi connectivity index (χ4v) is 0.963. The van der Waals surface area contributed by atoms with Crippen LogP contribution < -0.4 is 0 Å². The zero-order chi connectivity index (χ0) is 11.3. The van der Waals surface area contributed by atoms with Gasteiger partial charge in [-0.1, -0.05) is 13.0 Å². The maximum absolute atomic E-state index is 11.6. The quantitative estimate of drug-likeness (QED) is 0.712. The molecule has 82 valence electrons. The molecule has 0 amide bonds. The molecule has 0 aliphatic carbocycles. The van der Waals surface area contributed by atoms with Crippen molar-refractivity contribution in [2.45, 2.75) is 33.8 Å². The van der Waals surface area contributed by atoms with Crippen molar-refractivity contribution in [2.24, 2.45) is 5.41 Å². The van der Waals surface area contributed by atoms with Gasteiger partial charge in [0.15, 0.2) is 0 Å². The molecule has 0 unspecified atom stereocenters. The molecule has 0 aromatic carbocycles. The number of carbonyl (C=O) groups is 1. The van der Waals surface area contributed by atoms with Gasteiger partial charge in [0.25, 0.3) is 0 Å². The summed E-state index contributed by atoms with van der Waals surface area (Å²) in [5.74, 6) is -0.171. The van der Waals surface area contributed by atoms with Crippen molar-refractivity contribution in [1.82, 2.24) is 4.98 Å². The van der Waals surface area contributed by atoms with Crippen molar-refractivity contribution in [3.05, 3.63) is 30.1 Å². The number of aromatic nitrogens is 1. The molecule has 1 aromatic rings. The zero-order valence-corrected chi connectivity index (χ0v) is 9.49. The van der Waals surface area contributed by atoms with Crippen LogP contribution in [0.25, 0.3) is 0 Å². The van der Waals surface area contributed by atoms with Gasteiger partial charge in [0.2, 0.25) is 0 Å². The fraction of sp³-hybridized carbons (Fsp3) is 0.500. The Morgan fingerprint density at radius 1 is 1.47 bits per heavy atom. The summed E-state index contributed by atoms with van der Waals surface area (Å²) in [4.78, 5) is 15.7. The molecule has 0 radical (unpaired) electrons. The van der Waals surface area contributed by atoms with Crippen LogP contribution in [0, 0.1) is 5.41 Å². The minimum absolute atomic E-state index is 0.171. The Kier molecular flexibility index (Phi) is 3.83. The summed E-state index contributed by atoms with van der Waals surface area (Å²) in [5, 5.41) is 0. The number of hydrogen-bond donors (Lipinski definition) is 0. The van der Waals surface area contributed by atoms with Gasteiger partial charge < -0.3 is 4.74 Å². The maximum atomic E-state index is 11.6. The van der Waals surface area contributed by atoms with E-state index in [9.17, 15) is 4.79 Å². The Hall–Kier alpha value is -1.38. The van der Waals surface area contributed by atoms with E-state index < -0.39 is 5.41 Å². The molecule has 0 atom stereocenters. The third-order valence-corrected chi connectivity index (χ3v) is 2.51. The first-order valence-electron chi connectivity index (χ1n) is 5.13. The molecule has 0 fully saturated rings. The van der Waals surface area contributed by atoms with Gasteiger partial charge in [-0.15, -0.1) is 0 Å². The first kappa shape index (κ1) is 11.7. The minimum atomic E-state index is -0.408. The van der Waals surface area contributed by atoms with Gasteiger partial charge in [0.05, 0.1) is 11.1 Å². The molecule has 0 aliphatic heterocycles. The number of carbonyl (C=O) groups excluding carboxylic acids is 1. The minimum Gasteiger partial charge on any atom is -0.459 e. The first-order valence-corrected chi connectivity index (χ1v) is 5.13. The van der Waals surface area contributed by atoms with Gasteiger partial charge in [-0.2, -0.15) is 0 Å². The Balaban J connectivity index is 2.48. The van der Waals surface area contributed by atoms with Gasteiger partial charge in [-0.25, -0.2) is 0 Å². The van der Waals surface area contributed by atoms with E-state index >= 15 is 0 Å². The van der Waals surface area contributed by atoms with E-state index in [1.807, 2.05) is 39.0 Å². The lowest BCUT2D eigenvalue weighted by molar-refractivity contribution is -0.155. The normalized spacial score (nSPS) is 11.1. The molecule has 0 N–H and O–H groups in total. The van der Waals surface area contributed by atoms with Gasteiger partial charge in [-0.3, -0.25) is 9.78 Å². The number of pyridine rings is 1. The molecule has 3 heteroatoms. The van der Waals surface area contributed by atoms with Crippen LogP contribution in [0.15, 0.2) is 24.4 Å². The van der Waals surface area contributed by atoms with Crippen LogP contribution in [-0.2, 0) is 16.1 Å². The van der Waals surface area contributed by atoms with Crippen molar-refractivity contribution in [2.75, 3.05) is 0 Å². The van der Waals surface area contributed by atoms with E-state index in [1.54, 1.807) is 6.20 Å². The van der Waals surface area contributed by atoms with Crippen LogP contribution in [0.3, 0.4) is 0 Å². The Morgan fingerprint density at radius 2 is 2.20 bits per heavy atom. The topological polar surface area (TPSA) is 39.2 Å². The molecule has 15 heavy (non-hydrogen) atoms. The fourth-order valence-electron chi connectivity index (χ4n) is 0.963. The van der Waals surface area contributed by atoms with Crippen molar-refractivity contribution in [3.8, 4) is 0 Å². The third-order valence-electron chi connectivity index (χ3n) is 2.51. The predicted molar refractivity (Wildman–Crippen MR) is 58.1 cm³/mol. The van der Waals surface area contributed by atoms with Crippen molar-refractivity contribution < 1.29 is 9.53 Å². The first-order chi connectivity index (χ1) is 7.06. The van der Waals surface area contributed by atoms with Gasteiger partial charge >= 0.3 is 5.97 Å². The summed E-state index contributed by atoms with van der Waals surface area (Å²) in [5.41, 5.74) is 0.368. The van der Waals surface area contributed by atoms with Crippen LogP contribution >= 0.6 is 0 Å². The third kappa shape index (κ3) is 3.35. The molecule has 0 saturated heterocycles. The van der Waals surface area contributed by atoms with Crippen LogP contribution in [0.4, 0.5) is 0 Å². The average Bonchev–Trinajstić information content (AvgIpc) is 2.27. The van der Waals surface area contributed by atoms with E-state index in [2.05, 4.69) is 4.98 Å². The van der Waals surface area contributed by atoms with E-state index in [1.165, 1.54) is 0 Å². The number of ether oxygens (including phenoxy) is 1. The highest BCUT2D eigenvalue weighted by Gasteiger charge is 2.26. The lowest BCUT2D eigenvalue weighted by atomic mass is 9.91. The van der Waals surface area contributed by atoms with E-state index in [-0.39, 0.29) is 12.6 Å². The molecule has 0 saturated carbocycles. The van der Waals surface area contributed by atoms with E-state index in [0.717, 1.165) is 12.1 Å². The summed E-state index contributed by atoms with van der Waals surface area (Å²) < 4.78 is 5.18. The SMILES string of the molecule is CCC(C)(C)C(=O)OCc1ccccn1. The van der Waals surface area contributed by atoms with Crippen LogP contribution in [0.5, 0.6) is 0 Å². The highest BCUT2D eigenvalue weighted by atomic mass is 16.5. The molecule has 1 rings (SSSR count). The lowest BCUT2D eigenvalue weighted by Crippen LogP contribution is -2.25. The van der Waals surface area contributed by atoms with Gasteiger partial charge in [0, 0.05) is 6.20 Å².